The SMILES string of the molecule is O=S1(=O)CCN(Cc2ccc(-c3cncc4cnccc34)cc2)CC1. The van der Waals surface area contributed by atoms with Gasteiger partial charge in [-0.05, 0) is 22.6 Å². The van der Waals surface area contributed by atoms with E-state index in [4.69, 9.17) is 0 Å². The highest BCUT2D eigenvalue weighted by molar-refractivity contribution is 7.91. The Bertz CT molecular complexity index is 981. The number of hydrogen-bond acceptors (Lipinski definition) is 5. The van der Waals surface area contributed by atoms with E-state index < -0.39 is 9.84 Å². The first-order valence-corrected chi connectivity index (χ1v) is 10.1. The molecule has 0 N–H and O–H groups in total. The molecule has 1 saturated heterocycles. The molecule has 25 heavy (non-hydrogen) atoms. The van der Waals surface area contributed by atoms with Crippen molar-refractivity contribution >= 4 is 20.6 Å². The molecule has 0 spiro atoms. The lowest BCUT2D eigenvalue weighted by atomic mass is 10.0. The van der Waals surface area contributed by atoms with Crippen LogP contribution in [-0.2, 0) is 16.4 Å². The average molecular weight is 353 g/mol. The predicted octanol–water partition coefficient (Wildman–Crippen LogP) is 2.53. The van der Waals surface area contributed by atoms with Gasteiger partial charge in [-0.3, -0.25) is 14.9 Å². The van der Waals surface area contributed by atoms with Gasteiger partial charge in [0.05, 0.1) is 11.5 Å². The summed E-state index contributed by atoms with van der Waals surface area (Å²) in [6.07, 6.45) is 7.33. The summed E-state index contributed by atoms with van der Waals surface area (Å²) in [6.45, 7) is 2.02. The molecule has 3 heterocycles. The normalized spacial score (nSPS) is 17.6. The van der Waals surface area contributed by atoms with Gasteiger partial charge >= 0.3 is 0 Å². The van der Waals surface area contributed by atoms with Gasteiger partial charge < -0.3 is 0 Å². The van der Waals surface area contributed by atoms with Crippen LogP contribution in [0.2, 0.25) is 0 Å². The van der Waals surface area contributed by atoms with Gasteiger partial charge in [0.15, 0.2) is 9.84 Å². The van der Waals surface area contributed by atoms with Crippen molar-refractivity contribution in [2.45, 2.75) is 6.54 Å². The Kier molecular flexibility index (Phi) is 4.23. The highest BCUT2D eigenvalue weighted by Gasteiger charge is 2.21. The molecule has 1 aromatic carbocycles. The highest BCUT2D eigenvalue weighted by atomic mass is 32.2. The predicted molar refractivity (Wildman–Crippen MR) is 98.9 cm³/mol. The summed E-state index contributed by atoms with van der Waals surface area (Å²) in [5.41, 5.74) is 3.41. The first-order valence-electron chi connectivity index (χ1n) is 8.31. The van der Waals surface area contributed by atoms with Gasteiger partial charge in [0.1, 0.15) is 0 Å². The standard InChI is InChI=1S/C19H19N3O2S/c23-25(24)9-7-22(8-10-25)14-15-1-3-16(4-2-15)19-13-21-12-17-11-20-6-5-18(17)19/h1-6,11-13H,7-10,14H2. The van der Waals surface area contributed by atoms with E-state index in [1.165, 1.54) is 5.56 Å². The molecular weight excluding hydrogens is 334 g/mol. The van der Waals surface area contributed by atoms with E-state index in [0.717, 1.165) is 28.4 Å². The van der Waals surface area contributed by atoms with Crippen LogP contribution in [0.3, 0.4) is 0 Å². The van der Waals surface area contributed by atoms with Crippen molar-refractivity contribution in [3.05, 3.63) is 60.7 Å². The van der Waals surface area contributed by atoms with Crippen molar-refractivity contribution in [1.29, 1.82) is 0 Å². The molecule has 0 aliphatic carbocycles. The number of fused-ring (bicyclic) bond motifs is 1. The largest absolute Gasteiger partial charge is 0.297 e. The minimum absolute atomic E-state index is 0.265. The van der Waals surface area contributed by atoms with Crippen molar-refractivity contribution in [2.24, 2.45) is 0 Å². The number of hydrogen-bond donors (Lipinski definition) is 0. The van der Waals surface area contributed by atoms with Crippen LogP contribution in [0.15, 0.2) is 55.1 Å². The number of rotatable bonds is 3. The molecule has 1 fully saturated rings. The fourth-order valence-electron chi connectivity index (χ4n) is 3.20. The van der Waals surface area contributed by atoms with Crippen LogP contribution in [-0.4, -0.2) is 47.9 Å². The molecule has 6 heteroatoms. The first-order chi connectivity index (χ1) is 12.1. The molecule has 128 valence electrons. The fourth-order valence-corrected chi connectivity index (χ4v) is 4.48. The maximum atomic E-state index is 11.5. The second-order valence-corrected chi connectivity index (χ2v) is 8.71. The molecule has 0 saturated carbocycles. The lowest BCUT2D eigenvalue weighted by Crippen LogP contribution is -2.39. The zero-order valence-corrected chi connectivity index (χ0v) is 14.6. The third-order valence-electron chi connectivity index (χ3n) is 4.67. The van der Waals surface area contributed by atoms with E-state index in [1.54, 1.807) is 6.20 Å². The number of pyridine rings is 2. The Hall–Kier alpha value is -2.31. The third-order valence-corrected chi connectivity index (χ3v) is 6.28. The molecule has 5 nitrogen and oxygen atoms in total. The van der Waals surface area contributed by atoms with Crippen LogP contribution < -0.4 is 0 Å². The van der Waals surface area contributed by atoms with Crippen molar-refractivity contribution in [1.82, 2.24) is 14.9 Å². The van der Waals surface area contributed by atoms with Crippen LogP contribution >= 0.6 is 0 Å². The monoisotopic (exact) mass is 353 g/mol. The zero-order valence-electron chi connectivity index (χ0n) is 13.8. The van der Waals surface area contributed by atoms with Crippen molar-refractivity contribution in [2.75, 3.05) is 24.6 Å². The topological polar surface area (TPSA) is 63.2 Å². The Balaban J connectivity index is 1.54. The van der Waals surface area contributed by atoms with Gasteiger partial charge in [0.25, 0.3) is 0 Å². The fraction of sp³-hybridized carbons (Fsp3) is 0.263. The van der Waals surface area contributed by atoms with Crippen LogP contribution in [0, 0.1) is 0 Å². The number of nitrogens with zero attached hydrogens (tertiary/aromatic N) is 3. The second kappa shape index (κ2) is 6.54. The summed E-state index contributed by atoms with van der Waals surface area (Å²) in [7, 11) is -2.83. The number of benzene rings is 1. The Morgan fingerprint density at radius 1 is 0.920 bits per heavy atom. The van der Waals surface area contributed by atoms with E-state index in [-0.39, 0.29) is 11.5 Å². The van der Waals surface area contributed by atoms with Crippen molar-refractivity contribution in [3.63, 3.8) is 0 Å². The maximum Gasteiger partial charge on any atom is 0.152 e. The second-order valence-electron chi connectivity index (χ2n) is 6.41. The van der Waals surface area contributed by atoms with E-state index in [9.17, 15) is 8.42 Å². The quantitative estimate of drug-likeness (QED) is 0.724. The third kappa shape index (κ3) is 3.55. The molecule has 0 bridgehead atoms. The van der Waals surface area contributed by atoms with Gasteiger partial charge in [-0.1, -0.05) is 24.3 Å². The smallest absolute Gasteiger partial charge is 0.152 e. The molecule has 0 unspecified atom stereocenters. The van der Waals surface area contributed by atoms with Crippen molar-refractivity contribution < 1.29 is 8.42 Å². The summed E-state index contributed by atoms with van der Waals surface area (Å²) < 4.78 is 23.0. The van der Waals surface area contributed by atoms with E-state index in [0.29, 0.717) is 13.1 Å². The van der Waals surface area contributed by atoms with Gasteiger partial charge in [0.2, 0.25) is 0 Å². The van der Waals surface area contributed by atoms with Gasteiger partial charge in [-0.15, -0.1) is 0 Å². The first kappa shape index (κ1) is 16.2. The summed E-state index contributed by atoms with van der Waals surface area (Å²) in [5.74, 6) is 0.529. The number of sulfone groups is 1. The Labute approximate surface area is 147 Å². The number of aromatic nitrogens is 2. The van der Waals surface area contributed by atoms with E-state index in [2.05, 4.69) is 39.1 Å². The van der Waals surface area contributed by atoms with Crippen LogP contribution in [0.25, 0.3) is 21.9 Å². The molecule has 0 radical (unpaired) electrons. The summed E-state index contributed by atoms with van der Waals surface area (Å²) in [6, 6.07) is 10.4. The Morgan fingerprint density at radius 3 is 2.40 bits per heavy atom. The minimum Gasteiger partial charge on any atom is -0.297 e. The lowest BCUT2D eigenvalue weighted by molar-refractivity contribution is 0.287. The molecule has 0 amide bonds. The molecule has 0 atom stereocenters. The van der Waals surface area contributed by atoms with Gasteiger partial charge in [0, 0.05) is 55.4 Å². The minimum atomic E-state index is -2.83. The highest BCUT2D eigenvalue weighted by Crippen LogP contribution is 2.27. The van der Waals surface area contributed by atoms with Crippen molar-refractivity contribution in [3.8, 4) is 11.1 Å². The summed E-state index contributed by atoms with van der Waals surface area (Å²) >= 11 is 0. The zero-order chi connectivity index (χ0) is 17.3. The molecule has 3 aromatic rings. The summed E-state index contributed by atoms with van der Waals surface area (Å²) in [5, 5.41) is 2.16. The van der Waals surface area contributed by atoms with Gasteiger partial charge in [-0.25, -0.2) is 8.42 Å². The van der Waals surface area contributed by atoms with Crippen LogP contribution in [0.1, 0.15) is 5.56 Å². The maximum absolute atomic E-state index is 11.5. The van der Waals surface area contributed by atoms with Crippen LogP contribution in [0.5, 0.6) is 0 Å². The van der Waals surface area contributed by atoms with Crippen LogP contribution in [0.4, 0.5) is 0 Å². The Morgan fingerprint density at radius 2 is 1.64 bits per heavy atom. The van der Waals surface area contributed by atoms with E-state index in [1.807, 2.05) is 24.7 Å². The molecule has 1 aliphatic heterocycles. The molecule has 1 aliphatic rings. The summed E-state index contributed by atoms with van der Waals surface area (Å²) in [4.78, 5) is 10.7. The van der Waals surface area contributed by atoms with E-state index >= 15 is 0 Å². The van der Waals surface area contributed by atoms with Gasteiger partial charge in [-0.2, -0.15) is 0 Å². The molecule has 4 rings (SSSR count). The molecule has 2 aromatic heterocycles. The molecular formula is C19H19N3O2S. The lowest BCUT2D eigenvalue weighted by Gasteiger charge is -2.26. The average Bonchev–Trinajstić information content (AvgIpc) is 2.64.